The van der Waals surface area contributed by atoms with Gasteiger partial charge in [-0.05, 0) is 30.2 Å². The van der Waals surface area contributed by atoms with Crippen molar-refractivity contribution in [3.05, 3.63) is 22.2 Å². The van der Waals surface area contributed by atoms with Gasteiger partial charge >= 0.3 is 0 Å². The van der Waals surface area contributed by atoms with Gasteiger partial charge < -0.3 is 9.47 Å². The number of hydrogen-bond donors (Lipinski definition) is 0. The van der Waals surface area contributed by atoms with Crippen LogP contribution in [0, 0.1) is 5.41 Å². The average molecular weight is 360 g/mol. The molecule has 0 N–H and O–H groups in total. The minimum Gasteiger partial charge on any atom is -0.489 e. The van der Waals surface area contributed by atoms with Crippen LogP contribution < -0.4 is 9.47 Å². The van der Waals surface area contributed by atoms with Crippen molar-refractivity contribution in [2.24, 2.45) is 5.41 Å². The van der Waals surface area contributed by atoms with Gasteiger partial charge in [0.15, 0.2) is 11.5 Å². The van der Waals surface area contributed by atoms with Crippen LogP contribution in [0.5, 0.6) is 11.5 Å². The van der Waals surface area contributed by atoms with Gasteiger partial charge in [0.1, 0.15) is 0 Å². The lowest BCUT2D eigenvalue weighted by molar-refractivity contribution is 0.294. The van der Waals surface area contributed by atoms with Gasteiger partial charge in [0.05, 0.1) is 13.2 Å². The monoisotopic (exact) mass is 358 g/mol. The standard InChI is InChI=1S/C16H20BrClO2/c1-16(2)5-4-10-12(18)8-13-15(14(10)11(17)9-16)20-7-3-6-19-13/h8,11H,3-7,9H2,1-2H3. The highest BCUT2D eigenvalue weighted by Gasteiger charge is 2.33. The summed E-state index contributed by atoms with van der Waals surface area (Å²) >= 11 is 10.4. The molecule has 2 aliphatic rings. The van der Waals surface area contributed by atoms with E-state index in [9.17, 15) is 0 Å². The quantitative estimate of drug-likeness (QED) is 0.462. The van der Waals surface area contributed by atoms with Crippen LogP contribution in [0.15, 0.2) is 6.07 Å². The third-order valence-corrected chi connectivity index (χ3v) is 5.35. The van der Waals surface area contributed by atoms with Crippen molar-refractivity contribution in [1.82, 2.24) is 0 Å². The lowest BCUT2D eigenvalue weighted by Gasteiger charge is -2.24. The minimum atomic E-state index is 0.268. The van der Waals surface area contributed by atoms with Gasteiger partial charge in [0, 0.05) is 27.9 Å². The molecule has 0 amide bonds. The van der Waals surface area contributed by atoms with E-state index in [-0.39, 0.29) is 4.83 Å². The molecular weight excluding hydrogens is 340 g/mol. The molecule has 0 saturated heterocycles. The second-order valence-corrected chi connectivity index (χ2v) is 7.98. The molecular formula is C16H20BrClO2. The predicted molar refractivity (Wildman–Crippen MR) is 85.4 cm³/mol. The maximum Gasteiger partial charge on any atom is 0.165 e. The zero-order valence-corrected chi connectivity index (χ0v) is 14.3. The maximum absolute atomic E-state index is 6.51. The highest BCUT2D eigenvalue weighted by atomic mass is 79.9. The van der Waals surface area contributed by atoms with Gasteiger partial charge in [-0.25, -0.2) is 0 Å². The molecule has 3 rings (SSSR count). The Kier molecular flexibility index (Phi) is 3.93. The van der Waals surface area contributed by atoms with Crippen molar-refractivity contribution in [3.8, 4) is 11.5 Å². The van der Waals surface area contributed by atoms with Crippen molar-refractivity contribution < 1.29 is 9.47 Å². The highest BCUT2D eigenvalue weighted by molar-refractivity contribution is 9.09. The molecule has 1 aromatic carbocycles. The fourth-order valence-electron chi connectivity index (χ4n) is 3.08. The number of hydrogen-bond acceptors (Lipinski definition) is 2. The van der Waals surface area contributed by atoms with Crippen LogP contribution in [0.3, 0.4) is 0 Å². The number of benzene rings is 1. The fraction of sp³-hybridized carbons (Fsp3) is 0.625. The van der Waals surface area contributed by atoms with Gasteiger partial charge in [-0.2, -0.15) is 0 Å². The van der Waals surface area contributed by atoms with E-state index < -0.39 is 0 Å². The van der Waals surface area contributed by atoms with E-state index in [4.69, 9.17) is 21.1 Å². The summed E-state index contributed by atoms with van der Waals surface area (Å²) in [6.45, 7) is 6.04. The van der Waals surface area contributed by atoms with Gasteiger partial charge in [-0.15, -0.1) is 0 Å². The molecule has 20 heavy (non-hydrogen) atoms. The smallest absolute Gasteiger partial charge is 0.165 e. The predicted octanol–water partition coefficient (Wildman–Crippen LogP) is 5.30. The summed E-state index contributed by atoms with van der Waals surface area (Å²) in [5.41, 5.74) is 2.73. The lowest BCUT2D eigenvalue weighted by Crippen LogP contribution is -2.11. The highest BCUT2D eigenvalue weighted by Crippen LogP contribution is 2.51. The van der Waals surface area contributed by atoms with Crippen molar-refractivity contribution in [2.75, 3.05) is 13.2 Å². The molecule has 0 fully saturated rings. The molecule has 0 radical (unpaired) electrons. The summed E-state index contributed by atoms with van der Waals surface area (Å²) in [5, 5.41) is 0.811. The van der Waals surface area contributed by atoms with Gasteiger partial charge in [0.25, 0.3) is 0 Å². The Morgan fingerprint density at radius 1 is 1.30 bits per heavy atom. The first-order chi connectivity index (χ1) is 9.48. The Hall–Kier alpha value is -0.410. The van der Waals surface area contributed by atoms with Crippen LogP contribution in [0.1, 0.15) is 49.1 Å². The van der Waals surface area contributed by atoms with Crippen molar-refractivity contribution in [3.63, 3.8) is 0 Å². The number of ether oxygens (including phenoxy) is 2. The molecule has 110 valence electrons. The molecule has 1 aliphatic carbocycles. The molecule has 0 aromatic heterocycles. The Morgan fingerprint density at radius 2 is 2.05 bits per heavy atom. The molecule has 1 heterocycles. The molecule has 0 bridgehead atoms. The Labute approximate surface area is 133 Å². The third kappa shape index (κ3) is 2.67. The van der Waals surface area contributed by atoms with E-state index in [1.165, 1.54) is 11.1 Å². The first kappa shape index (κ1) is 14.5. The summed E-state index contributed by atoms with van der Waals surface area (Å²) < 4.78 is 11.8. The SMILES string of the molecule is CC1(C)CCc2c(Cl)cc3c(c2C(Br)C1)OCCCO3. The number of halogens is 2. The van der Waals surface area contributed by atoms with Crippen LogP contribution >= 0.6 is 27.5 Å². The van der Waals surface area contributed by atoms with Crippen molar-refractivity contribution >= 4 is 27.5 Å². The largest absolute Gasteiger partial charge is 0.489 e. The summed E-state index contributed by atoms with van der Waals surface area (Å²) in [5.74, 6) is 1.71. The molecule has 0 saturated carbocycles. The van der Waals surface area contributed by atoms with Crippen molar-refractivity contribution in [2.45, 2.75) is 44.4 Å². The van der Waals surface area contributed by atoms with Crippen LogP contribution in [-0.4, -0.2) is 13.2 Å². The fourth-order valence-corrected chi connectivity index (χ4v) is 4.73. The summed E-state index contributed by atoms with van der Waals surface area (Å²) in [7, 11) is 0. The number of alkyl halides is 1. The molecule has 1 atom stereocenters. The van der Waals surface area contributed by atoms with Crippen molar-refractivity contribution in [1.29, 1.82) is 0 Å². The molecule has 0 spiro atoms. The number of rotatable bonds is 0. The first-order valence-corrected chi connectivity index (χ1v) is 8.52. The van der Waals surface area contributed by atoms with E-state index in [2.05, 4.69) is 29.8 Å². The molecule has 1 aliphatic heterocycles. The van der Waals surface area contributed by atoms with E-state index >= 15 is 0 Å². The summed E-state index contributed by atoms with van der Waals surface area (Å²) in [4.78, 5) is 0.268. The molecule has 1 aromatic rings. The molecule has 4 heteroatoms. The summed E-state index contributed by atoms with van der Waals surface area (Å²) in [6, 6.07) is 1.93. The van der Waals surface area contributed by atoms with Crippen LogP contribution in [-0.2, 0) is 6.42 Å². The Bertz CT molecular complexity index is 528. The zero-order chi connectivity index (χ0) is 14.3. The second kappa shape index (κ2) is 5.42. The second-order valence-electron chi connectivity index (χ2n) is 6.46. The normalized spacial score (nSPS) is 24.5. The Morgan fingerprint density at radius 3 is 2.85 bits per heavy atom. The van der Waals surface area contributed by atoms with E-state index in [0.717, 1.165) is 42.2 Å². The van der Waals surface area contributed by atoms with Gasteiger partial charge in [-0.3, -0.25) is 0 Å². The molecule has 1 unspecified atom stereocenters. The minimum absolute atomic E-state index is 0.268. The average Bonchev–Trinajstić information content (AvgIpc) is 2.65. The lowest BCUT2D eigenvalue weighted by atomic mass is 9.84. The van der Waals surface area contributed by atoms with Crippen LogP contribution in [0.2, 0.25) is 5.02 Å². The van der Waals surface area contributed by atoms with Crippen LogP contribution in [0.4, 0.5) is 0 Å². The van der Waals surface area contributed by atoms with E-state index in [0.29, 0.717) is 18.6 Å². The van der Waals surface area contributed by atoms with Gasteiger partial charge in [0.2, 0.25) is 0 Å². The molecule has 2 nitrogen and oxygen atoms in total. The first-order valence-electron chi connectivity index (χ1n) is 7.23. The third-order valence-electron chi connectivity index (χ3n) is 4.23. The van der Waals surface area contributed by atoms with Crippen LogP contribution in [0.25, 0.3) is 0 Å². The Balaban J connectivity index is 2.14. The van der Waals surface area contributed by atoms with E-state index in [1.807, 2.05) is 6.07 Å². The van der Waals surface area contributed by atoms with E-state index in [1.54, 1.807) is 0 Å². The maximum atomic E-state index is 6.51. The van der Waals surface area contributed by atoms with Gasteiger partial charge in [-0.1, -0.05) is 41.4 Å². The zero-order valence-electron chi connectivity index (χ0n) is 12.0. The number of fused-ring (bicyclic) bond motifs is 3. The topological polar surface area (TPSA) is 18.5 Å². The summed E-state index contributed by atoms with van der Waals surface area (Å²) in [6.07, 6.45) is 4.14.